The fraction of sp³-hybridized carbons (Fsp3) is 0.250. The van der Waals surface area contributed by atoms with Crippen LogP contribution in [0.3, 0.4) is 0 Å². The van der Waals surface area contributed by atoms with Crippen molar-refractivity contribution in [2.24, 2.45) is 0 Å². The van der Waals surface area contributed by atoms with Crippen molar-refractivity contribution in [2.45, 2.75) is 24.3 Å². The molecule has 0 heterocycles. The third-order valence-corrected chi connectivity index (χ3v) is 4.61. The van der Waals surface area contributed by atoms with Crippen LogP contribution in [0.4, 0.5) is 0 Å². The number of hydrogen-bond acceptors (Lipinski definition) is 2. The molecule has 3 heteroatoms. The maximum absolute atomic E-state index is 10.2. The van der Waals surface area contributed by atoms with Gasteiger partial charge in [0.25, 0.3) is 0 Å². The van der Waals surface area contributed by atoms with E-state index in [0.717, 1.165) is 16.5 Å². The molecule has 2 aromatic rings. The molecular weight excluding hydrogens is 320 g/mol. The summed E-state index contributed by atoms with van der Waals surface area (Å²) >= 11 is 5.09. The fourth-order valence-corrected chi connectivity index (χ4v) is 2.91. The van der Waals surface area contributed by atoms with Crippen molar-refractivity contribution in [2.75, 3.05) is 5.75 Å². The third kappa shape index (κ3) is 4.37. The Labute approximate surface area is 127 Å². The zero-order chi connectivity index (χ0) is 13.7. The fourth-order valence-electron chi connectivity index (χ4n) is 1.78. The molecule has 19 heavy (non-hydrogen) atoms. The van der Waals surface area contributed by atoms with Crippen LogP contribution in [0.1, 0.15) is 24.2 Å². The van der Waals surface area contributed by atoms with Gasteiger partial charge in [0.1, 0.15) is 0 Å². The minimum atomic E-state index is -0.417. The summed E-state index contributed by atoms with van der Waals surface area (Å²) in [5.74, 6) is 0.674. The summed E-state index contributed by atoms with van der Waals surface area (Å²) in [6.07, 6.45) is 0.615. The summed E-state index contributed by atoms with van der Waals surface area (Å²) in [7, 11) is 0. The Morgan fingerprint density at radius 3 is 2.26 bits per heavy atom. The largest absolute Gasteiger partial charge is 0.388 e. The number of aryl methyl sites for hydroxylation is 1. The minimum absolute atomic E-state index is 0.417. The van der Waals surface area contributed by atoms with E-state index in [-0.39, 0.29) is 0 Å². The molecule has 1 atom stereocenters. The van der Waals surface area contributed by atoms with Crippen LogP contribution in [0.15, 0.2) is 57.9 Å². The van der Waals surface area contributed by atoms with Gasteiger partial charge >= 0.3 is 0 Å². The second kappa shape index (κ2) is 7.13. The molecule has 2 aromatic carbocycles. The average molecular weight is 337 g/mol. The second-order valence-corrected chi connectivity index (χ2v) is 6.38. The molecule has 0 spiro atoms. The van der Waals surface area contributed by atoms with Crippen LogP contribution in [0.5, 0.6) is 0 Å². The zero-order valence-electron chi connectivity index (χ0n) is 10.8. The molecule has 1 nitrogen and oxygen atoms in total. The van der Waals surface area contributed by atoms with E-state index >= 15 is 0 Å². The molecule has 0 saturated heterocycles. The lowest BCUT2D eigenvalue weighted by atomic mass is 10.1. The van der Waals surface area contributed by atoms with Crippen LogP contribution in [0.2, 0.25) is 0 Å². The van der Waals surface area contributed by atoms with Crippen LogP contribution in [0, 0.1) is 0 Å². The van der Waals surface area contributed by atoms with E-state index in [1.54, 1.807) is 11.8 Å². The summed E-state index contributed by atoms with van der Waals surface area (Å²) in [4.78, 5) is 1.17. The van der Waals surface area contributed by atoms with Crippen molar-refractivity contribution in [1.82, 2.24) is 0 Å². The van der Waals surface area contributed by atoms with E-state index in [1.807, 2.05) is 24.3 Å². The third-order valence-electron chi connectivity index (χ3n) is 2.99. The minimum Gasteiger partial charge on any atom is -0.388 e. The highest BCUT2D eigenvalue weighted by molar-refractivity contribution is 9.10. The first-order valence-corrected chi connectivity index (χ1v) is 8.12. The lowest BCUT2D eigenvalue weighted by Gasteiger charge is -2.11. The van der Waals surface area contributed by atoms with Gasteiger partial charge in [-0.1, -0.05) is 47.1 Å². The number of rotatable bonds is 5. The van der Waals surface area contributed by atoms with Gasteiger partial charge in [0.15, 0.2) is 0 Å². The van der Waals surface area contributed by atoms with Gasteiger partial charge in [-0.25, -0.2) is 0 Å². The van der Waals surface area contributed by atoms with Gasteiger partial charge in [-0.3, -0.25) is 0 Å². The van der Waals surface area contributed by atoms with Crippen molar-refractivity contribution in [3.8, 4) is 0 Å². The van der Waals surface area contributed by atoms with Gasteiger partial charge in [-0.15, -0.1) is 11.8 Å². The Bertz CT molecular complexity index is 507. The van der Waals surface area contributed by atoms with Crippen molar-refractivity contribution >= 4 is 27.7 Å². The number of hydrogen-bond donors (Lipinski definition) is 1. The van der Waals surface area contributed by atoms with E-state index < -0.39 is 6.10 Å². The normalized spacial score (nSPS) is 12.4. The quantitative estimate of drug-likeness (QED) is 0.788. The Hall–Kier alpha value is -0.770. The molecule has 0 amide bonds. The number of thioether (sulfide) groups is 1. The molecular formula is C16H17BrOS. The molecule has 1 N–H and O–H groups in total. The average Bonchev–Trinajstić information content (AvgIpc) is 2.46. The van der Waals surface area contributed by atoms with Crippen LogP contribution < -0.4 is 0 Å². The molecule has 0 aliphatic rings. The lowest BCUT2D eigenvalue weighted by Crippen LogP contribution is -2.00. The van der Waals surface area contributed by atoms with Gasteiger partial charge in [-0.2, -0.15) is 0 Å². The molecule has 0 bridgehead atoms. The van der Waals surface area contributed by atoms with Crippen LogP contribution in [0.25, 0.3) is 0 Å². The van der Waals surface area contributed by atoms with Crippen molar-refractivity contribution < 1.29 is 5.11 Å². The predicted octanol–water partition coefficient (Wildman–Crippen LogP) is 4.84. The van der Waals surface area contributed by atoms with E-state index in [9.17, 15) is 5.11 Å². The topological polar surface area (TPSA) is 20.2 Å². The van der Waals surface area contributed by atoms with Crippen LogP contribution in [-0.4, -0.2) is 10.9 Å². The maximum atomic E-state index is 10.2. The van der Waals surface area contributed by atoms with Crippen molar-refractivity contribution in [3.63, 3.8) is 0 Å². The number of aliphatic hydroxyl groups excluding tert-OH is 1. The molecule has 2 rings (SSSR count). The number of benzene rings is 2. The van der Waals surface area contributed by atoms with Gasteiger partial charge in [-0.05, 0) is 41.8 Å². The number of aliphatic hydroxyl groups is 1. The predicted molar refractivity (Wildman–Crippen MR) is 85.6 cm³/mol. The Balaban J connectivity index is 1.93. The van der Waals surface area contributed by atoms with Crippen molar-refractivity contribution in [1.29, 1.82) is 0 Å². The molecule has 0 radical (unpaired) electrons. The molecule has 1 unspecified atom stereocenters. The molecule has 0 fully saturated rings. The first kappa shape index (κ1) is 14.6. The highest BCUT2D eigenvalue weighted by Gasteiger charge is 2.08. The monoisotopic (exact) mass is 336 g/mol. The summed E-state index contributed by atoms with van der Waals surface area (Å²) < 4.78 is 1.08. The first-order chi connectivity index (χ1) is 9.19. The molecule has 100 valence electrons. The summed E-state index contributed by atoms with van der Waals surface area (Å²) in [5, 5.41) is 10.2. The van der Waals surface area contributed by atoms with Gasteiger partial charge in [0.2, 0.25) is 0 Å². The molecule has 0 aliphatic carbocycles. The molecule has 0 aromatic heterocycles. The second-order valence-electron chi connectivity index (χ2n) is 4.38. The lowest BCUT2D eigenvalue weighted by molar-refractivity contribution is 0.204. The standard InChI is InChI=1S/C16H17BrOS/c1-2-12-3-5-13(6-4-12)16(18)11-19-15-9-7-14(17)8-10-15/h3-10,16,18H,2,11H2,1H3. The maximum Gasteiger partial charge on any atom is 0.0883 e. The smallest absolute Gasteiger partial charge is 0.0883 e. The van der Waals surface area contributed by atoms with E-state index in [2.05, 4.69) is 47.1 Å². The Kier molecular flexibility index (Phi) is 5.49. The summed E-state index contributed by atoms with van der Waals surface area (Å²) in [5.41, 5.74) is 2.29. The van der Waals surface area contributed by atoms with Crippen LogP contribution >= 0.6 is 27.7 Å². The van der Waals surface area contributed by atoms with Gasteiger partial charge in [0.05, 0.1) is 6.10 Å². The van der Waals surface area contributed by atoms with E-state index in [1.165, 1.54) is 10.5 Å². The van der Waals surface area contributed by atoms with E-state index in [0.29, 0.717) is 5.75 Å². The molecule has 0 saturated carbocycles. The zero-order valence-corrected chi connectivity index (χ0v) is 13.2. The van der Waals surface area contributed by atoms with Gasteiger partial charge < -0.3 is 5.11 Å². The van der Waals surface area contributed by atoms with Crippen molar-refractivity contribution in [3.05, 3.63) is 64.1 Å². The van der Waals surface area contributed by atoms with E-state index in [4.69, 9.17) is 0 Å². The SMILES string of the molecule is CCc1ccc(C(O)CSc2ccc(Br)cc2)cc1. The highest BCUT2D eigenvalue weighted by Crippen LogP contribution is 2.26. The van der Waals surface area contributed by atoms with Crippen LogP contribution in [-0.2, 0) is 6.42 Å². The highest BCUT2D eigenvalue weighted by atomic mass is 79.9. The Morgan fingerprint density at radius 1 is 1.05 bits per heavy atom. The summed E-state index contributed by atoms with van der Waals surface area (Å²) in [6.45, 7) is 2.13. The number of halogens is 1. The summed E-state index contributed by atoms with van der Waals surface area (Å²) in [6, 6.07) is 16.4. The van der Waals surface area contributed by atoms with Gasteiger partial charge in [0, 0.05) is 15.1 Å². The molecule has 0 aliphatic heterocycles. The Morgan fingerprint density at radius 2 is 1.68 bits per heavy atom. The first-order valence-electron chi connectivity index (χ1n) is 6.34.